The largest absolute Gasteiger partial charge is 0.497 e. The van der Waals surface area contributed by atoms with Crippen LogP contribution < -0.4 is 4.74 Å². The molecular weight excluding hydrogens is 470 g/mol. The molecule has 1 amide bonds. The average molecular weight is 514 g/mol. The molecule has 1 fully saturated rings. The Morgan fingerprint density at radius 1 is 0.971 bits per heavy atom. The number of hydrogen-bond acceptors (Lipinski definition) is 7. The van der Waals surface area contributed by atoms with Crippen LogP contribution in [0.15, 0.2) is 17.0 Å². The maximum atomic E-state index is 13.1. The molecule has 35 heavy (non-hydrogen) atoms. The molecule has 9 nitrogen and oxygen atoms in total. The third-order valence-corrected chi connectivity index (χ3v) is 8.75. The fourth-order valence-corrected chi connectivity index (χ4v) is 5.93. The van der Waals surface area contributed by atoms with Crippen LogP contribution in [0.25, 0.3) is 0 Å². The van der Waals surface area contributed by atoms with Crippen LogP contribution in [0.1, 0.15) is 36.8 Å². The van der Waals surface area contributed by atoms with E-state index in [2.05, 4.69) is 4.90 Å². The summed E-state index contributed by atoms with van der Waals surface area (Å²) in [6, 6.07) is 3.61. The Morgan fingerprint density at radius 3 is 2.11 bits per heavy atom. The van der Waals surface area contributed by atoms with E-state index < -0.39 is 10.0 Å². The molecule has 0 saturated heterocycles. The lowest BCUT2D eigenvalue weighted by molar-refractivity contribution is -0.138. The molecule has 0 aliphatic heterocycles. The van der Waals surface area contributed by atoms with Gasteiger partial charge in [-0.05, 0) is 76.9 Å². The number of nitrogens with zero attached hydrogens (tertiary/aromatic N) is 3. The first-order chi connectivity index (χ1) is 16.5. The highest BCUT2D eigenvalue weighted by molar-refractivity contribution is 7.89. The van der Waals surface area contributed by atoms with Crippen molar-refractivity contribution in [3.05, 3.63) is 23.3 Å². The van der Waals surface area contributed by atoms with E-state index in [0.717, 1.165) is 38.8 Å². The molecule has 1 aliphatic rings. The van der Waals surface area contributed by atoms with Crippen molar-refractivity contribution >= 4 is 15.9 Å². The predicted octanol–water partition coefficient (Wildman–Crippen LogP) is 2.30. The zero-order chi connectivity index (χ0) is 26.2. The van der Waals surface area contributed by atoms with E-state index in [9.17, 15) is 13.2 Å². The van der Waals surface area contributed by atoms with Crippen LogP contribution in [0, 0.1) is 13.8 Å². The molecule has 1 aromatic rings. The Labute approximate surface area is 211 Å². The van der Waals surface area contributed by atoms with Crippen LogP contribution in [0.4, 0.5) is 0 Å². The van der Waals surface area contributed by atoms with Crippen LogP contribution in [-0.2, 0) is 24.3 Å². The molecule has 0 unspecified atom stereocenters. The molecule has 0 heterocycles. The fourth-order valence-electron chi connectivity index (χ4n) is 4.37. The second kappa shape index (κ2) is 13.5. The normalized spacial score (nSPS) is 18.8. The molecule has 1 aliphatic carbocycles. The summed E-state index contributed by atoms with van der Waals surface area (Å²) in [5.74, 6) is 0.534. The van der Waals surface area contributed by atoms with Crippen LogP contribution >= 0.6 is 0 Å². The summed E-state index contributed by atoms with van der Waals surface area (Å²) in [4.78, 5) is 16.7. The number of rotatable bonds is 13. The van der Waals surface area contributed by atoms with Crippen LogP contribution in [0.2, 0.25) is 0 Å². The van der Waals surface area contributed by atoms with E-state index in [1.807, 2.05) is 21.1 Å². The number of carbonyl (C=O) groups is 1. The van der Waals surface area contributed by atoms with Crippen molar-refractivity contribution in [2.24, 2.45) is 0 Å². The number of sulfonamides is 1. The molecule has 0 aromatic heterocycles. The van der Waals surface area contributed by atoms with Gasteiger partial charge in [0.25, 0.3) is 0 Å². The highest BCUT2D eigenvalue weighted by atomic mass is 32.2. The lowest BCUT2D eigenvalue weighted by Crippen LogP contribution is -2.42. The molecule has 200 valence electrons. The van der Waals surface area contributed by atoms with Crippen molar-refractivity contribution < 1.29 is 27.4 Å². The molecule has 1 aromatic carbocycles. The third-order valence-electron chi connectivity index (χ3n) is 6.59. The number of amides is 1. The third kappa shape index (κ3) is 8.42. The Kier molecular flexibility index (Phi) is 11.4. The maximum absolute atomic E-state index is 13.1. The Balaban J connectivity index is 1.76. The second-order valence-electron chi connectivity index (χ2n) is 9.58. The second-order valence-corrected chi connectivity index (χ2v) is 11.6. The minimum absolute atomic E-state index is 0.0652. The average Bonchev–Trinajstić information content (AvgIpc) is 2.80. The molecule has 2 rings (SSSR count). The highest BCUT2D eigenvalue weighted by Crippen LogP contribution is 2.28. The van der Waals surface area contributed by atoms with E-state index in [4.69, 9.17) is 14.2 Å². The maximum Gasteiger partial charge on any atom is 0.248 e. The van der Waals surface area contributed by atoms with E-state index >= 15 is 0 Å². The summed E-state index contributed by atoms with van der Waals surface area (Å²) < 4.78 is 44.2. The smallest absolute Gasteiger partial charge is 0.248 e. The number of benzene rings is 1. The highest BCUT2D eigenvalue weighted by Gasteiger charge is 2.28. The van der Waals surface area contributed by atoms with Gasteiger partial charge in [-0.2, -0.15) is 4.31 Å². The van der Waals surface area contributed by atoms with Crippen molar-refractivity contribution in [2.45, 2.75) is 56.6 Å². The molecule has 0 atom stereocenters. The number of ether oxygens (including phenoxy) is 3. The zero-order valence-electron chi connectivity index (χ0n) is 22.4. The first-order valence-corrected chi connectivity index (χ1v) is 13.6. The van der Waals surface area contributed by atoms with E-state index in [-0.39, 0.29) is 42.7 Å². The number of likely N-dealkylation sites (N-methyl/N-ethyl adjacent to an activating group) is 3. The first kappa shape index (κ1) is 29.5. The van der Waals surface area contributed by atoms with Crippen LogP contribution in [0.5, 0.6) is 5.75 Å². The van der Waals surface area contributed by atoms with Gasteiger partial charge in [-0.25, -0.2) is 8.42 Å². The predicted molar refractivity (Wildman–Crippen MR) is 136 cm³/mol. The zero-order valence-corrected chi connectivity index (χ0v) is 23.2. The van der Waals surface area contributed by atoms with Gasteiger partial charge < -0.3 is 24.0 Å². The van der Waals surface area contributed by atoms with Gasteiger partial charge in [0.15, 0.2) is 0 Å². The molecule has 10 heteroatoms. The van der Waals surface area contributed by atoms with Gasteiger partial charge in [0.05, 0.1) is 31.3 Å². The molecule has 0 spiro atoms. The van der Waals surface area contributed by atoms with Crippen LogP contribution in [-0.4, -0.2) is 109 Å². The van der Waals surface area contributed by atoms with E-state index in [1.54, 1.807) is 38.0 Å². The summed E-state index contributed by atoms with van der Waals surface area (Å²) >= 11 is 0. The van der Waals surface area contributed by atoms with Gasteiger partial charge in [-0.3, -0.25) is 4.79 Å². The number of aryl methyl sites for hydroxylation is 2. The first-order valence-electron chi connectivity index (χ1n) is 12.2. The summed E-state index contributed by atoms with van der Waals surface area (Å²) in [7, 11) is 5.26. The van der Waals surface area contributed by atoms with Crippen molar-refractivity contribution in [2.75, 3.05) is 68.2 Å². The van der Waals surface area contributed by atoms with Gasteiger partial charge >= 0.3 is 0 Å². The van der Waals surface area contributed by atoms with Gasteiger partial charge in [-0.1, -0.05) is 0 Å². The van der Waals surface area contributed by atoms with Gasteiger partial charge in [0.1, 0.15) is 12.4 Å². The van der Waals surface area contributed by atoms with Gasteiger partial charge in [0, 0.05) is 33.2 Å². The van der Waals surface area contributed by atoms with E-state index in [0.29, 0.717) is 16.9 Å². The summed E-state index contributed by atoms with van der Waals surface area (Å²) in [6.07, 6.45) is 3.99. The molecule has 0 radical (unpaired) electrons. The summed E-state index contributed by atoms with van der Waals surface area (Å²) in [5, 5.41) is 0. The monoisotopic (exact) mass is 513 g/mol. The van der Waals surface area contributed by atoms with Crippen molar-refractivity contribution in [3.63, 3.8) is 0 Å². The summed E-state index contributed by atoms with van der Waals surface area (Å²) in [5.41, 5.74) is 1.26. The van der Waals surface area contributed by atoms with Crippen molar-refractivity contribution in [1.82, 2.24) is 14.1 Å². The fraction of sp³-hybridized carbons (Fsp3) is 0.720. The van der Waals surface area contributed by atoms with Gasteiger partial charge in [0.2, 0.25) is 15.9 Å². The SMILES string of the molecule is COc1cc(C)c(S(=O)(=O)N(C)CCOCC(=O)N(C)[C@H]2CC[C@@H](OCCN(C)C)CC2)c(C)c1. The minimum atomic E-state index is -3.69. The lowest BCUT2D eigenvalue weighted by Gasteiger charge is -2.34. The summed E-state index contributed by atoms with van der Waals surface area (Å²) in [6.45, 7) is 5.37. The number of methoxy groups -OCH3 is 1. The minimum Gasteiger partial charge on any atom is -0.497 e. The molecular formula is C25H43N3O6S. The molecule has 0 N–H and O–H groups in total. The molecule has 0 bridgehead atoms. The molecule has 1 saturated carbocycles. The van der Waals surface area contributed by atoms with Crippen molar-refractivity contribution in [1.29, 1.82) is 0 Å². The number of hydrogen-bond donors (Lipinski definition) is 0. The Morgan fingerprint density at radius 2 is 1.57 bits per heavy atom. The van der Waals surface area contributed by atoms with Crippen LogP contribution in [0.3, 0.4) is 0 Å². The van der Waals surface area contributed by atoms with Gasteiger partial charge in [-0.15, -0.1) is 0 Å². The Bertz CT molecular complexity index is 906. The lowest BCUT2D eigenvalue weighted by atomic mass is 9.92. The topological polar surface area (TPSA) is 88.6 Å². The number of carbonyl (C=O) groups excluding carboxylic acids is 1. The van der Waals surface area contributed by atoms with E-state index in [1.165, 1.54) is 11.4 Å². The van der Waals surface area contributed by atoms with Crippen molar-refractivity contribution in [3.8, 4) is 5.75 Å². The Hall–Kier alpha value is -1.72. The standard InChI is InChI=1S/C25H43N3O6S/c1-19-16-23(32-7)17-20(2)25(19)35(30,31)27(5)13-14-33-18-24(29)28(6)21-8-10-22(11-9-21)34-15-12-26(3)4/h16-17,21-22H,8-15,18H2,1-7H3/t21-,22+. The quantitative estimate of drug-likeness (QED) is 0.374.